The number of rotatable bonds is 2. The van der Waals surface area contributed by atoms with Crippen molar-refractivity contribution in [3.63, 3.8) is 0 Å². The SMILES string of the molecule is CC1=Nc2cc(N=C3C(=O)N(c4ccccc4)c4ccccc43)ccc2C1. The summed E-state index contributed by atoms with van der Waals surface area (Å²) in [5.74, 6) is -0.109. The summed E-state index contributed by atoms with van der Waals surface area (Å²) in [6.45, 7) is 2.03. The molecule has 130 valence electrons. The number of aliphatic imine (C=N–C) groups is 2. The maximum Gasteiger partial charge on any atom is 0.282 e. The lowest BCUT2D eigenvalue weighted by molar-refractivity contribution is -0.111. The van der Waals surface area contributed by atoms with Crippen LogP contribution in [0.3, 0.4) is 0 Å². The Morgan fingerprint density at radius 2 is 1.74 bits per heavy atom. The Labute approximate surface area is 157 Å². The molecule has 0 radical (unpaired) electrons. The number of fused-ring (bicyclic) bond motifs is 2. The first-order valence-corrected chi connectivity index (χ1v) is 8.95. The monoisotopic (exact) mass is 351 g/mol. The maximum atomic E-state index is 13.2. The molecule has 2 heterocycles. The summed E-state index contributed by atoms with van der Waals surface area (Å²) >= 11 is 0. The van der Waals surface area contributed by atoms with E-state index in [0.29, 0.717) is 5.71 Å². The zero-order valence-corrected chi connectivity index (χ0v) is 14.9. The van der Waals surface area contributed by atoms with E-state index in [1.165, 1.54) is 5.56 Å². The fourth-order valence-electron chi connectivity index (χ4n) is 3.67. The molecule has 3 aromatic rings. The summed E-state index contributed by atoms with van der Waals surface area (Å²) in [6, 6.07) is 23.4. The molecule has 2 aliphatic heterocycles. The molecule has 0 N–H and O–H groups in total. The highest BCUT2D eigenvalue weighted by molar-refractivity contribution is 6.56. The third-order valence-corrected chi connectivity index (χ3v) is 4.89. The lowest BCUT2D eigenvalue weighted by Crippen LogP contribution is -2.25. The Bertz CT molecular complexity index is 1130. The van der Waals surface area contributed by atoms with E-state index in [4.69, 9.17) is 4.99 Å². The van der Waals surface area contributed by atoms with Crippen LogP contribution in [0.5, 0.6) is 0 Å². The largest absolute Gasteiger partial charge is 0.282 e. The Balaban J connectivity index is 1.62. The van der Waals surface area contributed by atoms with Gasteiger partial charge in [0.05, 0.1) is 17.1 Å². The van der Waals surface area contributed by atoms with E-state index >= 15 is 0 Å². The van der Waals surface area contributed by atoms with Crippen LogP contribution in [0.2, 0.25) is 0 Å². The van der Waals surface area contributed by atoms with Crippen LogP contribution in [-0.4, -0.2) is 17.3 Å². The number of nitrogens with zero attached hydrogens (tertiary/aromatic N) is 3. The van der Waals surface area contributed by atoms with Crippen molar-refractivity contribution in [2.45, 2.75) is 13.3 Å². The van der Waals surface area contributed by atoms with Gasteiger partial charge in [-0.2, -0.15) is 0 Å². The second-order valence-corrected chi connectivity index (χ2v) is 6.79. The minimum atomic E-state index is -0.109. The fraction of sp³-hybridized carbons (Fsp3) is 0.0870. The van der Waals surface area contributed by atoms with Gasteiger partial charge in [0.1, 0.15) is 5.71 Å². The summed E-state index contributed by atoms with van der Waals surface area (Å²) in [7, 11) is 0. The molecule has 0 spiro atoms. The molecule has 1 amide bonds. The molecule has 0 aliphatic carbocycles. The Morgan fingerprint density at radius 1 is 0.963 bits per heavy atom. The van der Waals surface area contributed by atoms with Crippen molar-refractivity contribution in [3.8, 4) is 0 Å². The Morgan fingerprint density at radius 3 is 2.59 bits per heavy atom. The number of benzene rings is 3. The summed E-state index contributed by atoms with van der Waals surface area (Å²) in [5, 5.41) is 0. The number of hydrogen-bond donors (Lipinski definition) is 0. The second kappa shape index (κ2) is 6.02. The molecule has 4 nitrogen and oxygen atoms in total. The van der Waals surface area contributed by atoms with Crippen molar-refractivity contribution in [3.05, 3.63) is 83.9 Å². The third-order valence-electron chi connectivity index (χ3n) is 4.89. The van der Waals surface area contributed by atoms with Crippen molar-refractivity contribution < 1.29 is 4.79 Å². The summed E-state index contributed by atoms with van der Waals surface area (Å²) < 4.78 is 0. The number of hydrogen-bond acceptors (Lipinski definition) is 3. The van der Waals surface area contributed by atoms with E-state index in [9.17, 15) is 4.79 Å². The summed E-state index contributed by atoms with van der Waals surface area (Å²) in [6.07, 6.45) is 0.885. The molecule has 0 bridgehead atoms. The van der Waals surface area contributed by atoms with E-state index < -0.39 is 0 Å². The topological polar surface area (TPSA) is 45.0 Å². The standard InChI is InChI=1S/C23H17N3O/c1-15-13-16-11-12-17(14-20(16)24-15)25-22-19-9-5-6-10-21(19)26(23(22)27)18-7-3-2-4-8-18/h2-12,14H,13H2,1H3. The molecule has 0 atom stereocenters. The number of carbonyl (C=O) groups excluding carboxylic acids is 1. The molecular weight excluding hydrogens is 334 g/mol. The van der Waals surface area contributed by atoms with Crippen LogP contribution in [0.1, 0.15) is 18.1 Å². The summed E-state index contributed by atoms with van der Waals surface area (Å²) in [5.41, 5.74) is 7.04. The number of para-hydroxylation sites is 2. The Hall–Kier alpha value is -3.53. The van der Waals surface area contributed by atoms with Crippen LogP contribution in [0.15, 0.2) is 82.8 Å². The zero-order chi connectivity index (χ0) is 18.4. The molecule has 0 fully saturated rings. The first-order chi connectivity index (χ1) is 13.2. The highest BCUT2D eigenvalue weighted by atomic mass is 16.2. The zero-order valence-electron chi connectivity index (χ0n) is 14.9. The second-order valence-electron chi connectivity index (χ2n) is 6.79. The predicted octanol–water partition coefficient (Wildman–Crippen LogP) is 5.13. The van der Waals surface area contributed by atoms with E-state index in [1.807, 2.05) is 73.7 Å². The molecule has 0 unspecified atom stereocenters. The molecule has 2 aliphatic rings. The molecule has 0 saturated carbocycles. The van der Waals surface area contributed by atoms with Gasteiger partial charge in [0.15, 0.2) is 0 Å². The van der Waals surface area contributed by atoms with Crippen molar-refractivity contribution in [2.75, 3.05) is 4.90 Å². The lowest BCUT2D eigenvalue weighted by atomic mass is 10.1. The van der Waals surface area contributed by atoms with Crippen molar-refractivity contribution >= 4 is 40.1 Å². The molecule has 27 heavy (non-hydrogen) atoms. The molecule has 4 heteroatoms. The highest BCUT2D eigenvalue weighted by Crippen LogP contribution is 2.37. The minimum absolute atomic E-state index is 0.109. The van der Waals surface area contributed by atoms with Crippen LogP contribution in [0.4, 0.5) is 22.7 Å². The third kappa shape index (κ3) is 2.57. The van der Waals surface area contributed by atoms with E-state index in [2.05, 4.69) is 11.1 Å². The first kappa shape index (κ1) is 15.7. The van der Waals surface area contributed by atoms with E-state index in [0.717, 1.165) is 40.4 Å². The van der Waals surface area contributed by atoms with Gasteiger partial charge in [-0.25, -0.2) is 4.99 Å². The fourth-order valence-corrected chi connectivity index (χ4v) is 3.67. The van der Waals surface area contributed by atoms with Crippen molar-refractivity contribution in [1.29, 1.82) is 0 Å². The van der Waals surface area contributed by atoms with Crippen LogP contribution in [0.25, 0.3) is 0 Å². The number of carbonyl (C=O) groups is 1. The van der Waals surface area contributed by atoms with Gasteiger partial charge in [-0.05, 0) is 42.8 Å². The van der Waals surface area contributed by atoms with Crippen LogP contribution < -0.4 is 4.90 Å². The normalized spacial score (nSPS) is 16.5. The predicted molar refractivity (Wildman–Crippen MR) is 109 cm³/mol. The van der Waals surface area contributed by atoms with Crippen LogP contribution in [0, 0.1) is 0 Å². The smallest absolute Gasteiger partial charge is 0.275 e. The lowest BCUT2D eigenvalue weighted by Gasteiger charge is -2.16. The average Bonchev–Trinajstić information content (AvgIpc) is 3.19. The van der Waals surface area contributed by atoms with Crippen LogP contribution >= 0.6 is 0 Å². The molecular formula is C23H17N3O. The quantitative estimate of drug-likeness (QED) is 0.631. The van der Waals surface area contributed by atoms with Gasteiger partial charge in [-0.1, -0.05) is 42.5 Å². The van der Waals surface area contributed by atoms with Gasteiger partial charge in [0, 0.05) is 23.4 Å². The maximum absolute atomic E-state index is 13.2. The molecule has 0 saturated heterocycles. The highest BCUT2D eigenvalue weighted by Gasteiger charge is 2.34. The van der Waals surface area contributed by atoms with Gasteiger partial charge in [0.2, 0.25) is 0 Å². The molecule has 0 aromatic heterocycles. The average molecular weight is 351 g/mol. The van der Waals surface area contributed by atoms with Gasteiger partial charge in [-0.15, -0.1) is 0 Å². The van der Waals surface area contributed by atoms with Gasteiger partial charge in [0.25, 0.3) is 5.91 Å². The molecule has 5 rings (SSSR count). The van der Waals surface area contributed by atoms with Gasteiger partial charge < -0.3 is 0 Å². The Kier molecular flexibility index (Phi) is 3.50. The minimum Gasteiger partial charge on any atom is -0.275 e. The first-order valence-electron chi connectivity index (χ1n) is 8.95. The van der Waals surface area contributed by atoms with Gasteiger partial charge in [-0.3, -0.25) is 14.7 Å². The van der Waals surface area contributed by atoms with Crippen LogP contribution in [-0.2, 0) is 11.2 Å². The van der Waals surface area contributed by atoms with E-state index in [-0.39, 0.29) is 5.91 Å². The van der Waals surface area contributed by atoms with E-state index in [1.54, 1.807) is 4.90 Å². The molecule has 3 aromatic carbocycles. The van der Waals surface area contributed by atoms with Crippen molar-refractivity contribution in [2.24, 2.45) is 9.98 Å². The van der Waals surface area contributed by atoms with Gasteiger partial charge >= 0.3 is 0 Å². The number of amides is 1. The summed E-state index contributed by atoms with van der Waals surface area (Å²) in [4.78, 5) is 24.2. The number of anilines is 2. The van der Waals surface area contributed by atoms with Crippen molar-refractivity contribution in [1.82, 2.24) is 0 Å².